The maximum absolute atomic E-state index is 10.3. The highest BCUT2D eigenvalue weighted by molar-refractivity contribution is 6.30. The van der Waals surface area contributed by atoms with Crippen molar-refractivity contribution in [3.05, 3.63) is 64.7 Å². The largest absolute Gasteiger partial charge is 0.491 e. The van der Waals surface area contributed by atoms with Crippen LogP contribution in [0.1, 0.15) is 11.1 Å². The van der Waals surface area contributed by atoms with Crippen LogP contribution in [0.2, 0.25) is 5.02 Å². The zero-order valence-electron chi connectivity index (χ0n) is 13.9. The van der Waals surface area contributed by atoms with Crippen LogP contribution in [0.5, 0.6) is 5.75 Å². The number of aliphatic hydroxyl groups is 2. The fraction of sp³-hybridized carbons (Fsp3) is 0.368. The summed E-state index contributed by atoms with van der Waals surface area (Å²) in [4.78, 5) is 2.01. The van der Waals surface area contributed by atoms with Gasteiger partial charge in [-0.25, -0.2) is 0 Å². The molecule has 0 saturated heterocycles. The van der Waals surface area contributed by atoms with Crippen LogP contribution < -0.4 is 4.74 Å². The Bertz CT molecular complexity index is 621. The number of ether oxygens (including phenoxy) is 1. The topological polar surface area (TPSA) is 52.9 Å². The maximum atomic E-state index is 10.3. The standard InChI is InChI=1S/C19H24ClNO3/c1-15-11-17(20)7-8-19(15)24-14-18(23)13-21(9-10-22)12-16-5-3-2-4-6-16/h2-8,11,18,22-23H,9-10,12-14H2,1H3. The number of benzene rings is 2. The van der Waals surface area contributed by atoms with Gasteiger partial charge in [0.15, 0.2) is 0 Å². The normalized spacial score (nSPS) is 12.4. The van der Waals surface area contributed by atoms with Crippen LogP contribution in [0.4, 0.5) is 0 Å². The van der Waals surface area contributed by atoms with E-state index in [1.807, 2.05) is 48.2 Å². The third-order valence-corrected chi connectivity index (χ3v) is 3.94. The molecule has 0 aliphatic heterocycles. The number of hydrogen-bond donors (Lipinski definition) is 2. The predicted molar refractivity (Wildman–Crippen MR) is 96.5 cm³/mol. The molecule has 0 heterocycles. The van der Waals surface area contributed by atoms with Gasteiger partial charge in [-0.3, -0.25) is 4.90 Å². The minimum Gasteiger partial charge on any atom is -0.491 e. The van der Waals surface area contributed by atoms with Crippen molar-refractivity contribution in [2.24, 2.45) is 0 Å². The fourth-order valence-corrected chi connectivity index (χ4v) is 2.76. The van der Waals surface area contributed by atoms with E-state index >= 15 is 0 Å². The summed E-state index contributed by atoms with van der Waals surface area (Å²) in [5.74, 6) is 0.718. The molecule has 2 N–H and O–H groups in total. The Morgan fingerprint density at radius 2 is 1.92 bits per heavy atom. The first-order chi connectivity index (χ1) is 11.6. The van der Waals surface area contributed by atoms with E-state index in [1.54, 1.807) is 12.1 Å². The summed E-state index contributed by atoms with van der Waals surface area (Å²) < 4.78 is 5.68. The SMILES string of the molecule is Cc1cc(Cl)ccc1OCC(O)CN(CCO)Cc1ccccc1. The van der Waals surface area contributed by atoms with Gasteiger partial charge in [0.05, 0.1) is 6.61 Å². The summed E-state index contributed by atoms with van der Waals surface area (Å²) in [5, 5.41) is 20.2. The lowest BCUT2D eigenvalue weighted by molar-refractivity contribution is 0.0588. The minimum absolute atomic E-state index is 0.0523. The Kier molecular flexibility index (Phi) is 7.53. The monoisotopic (exact) mass is 349 g/mol. The van der Waals surface area contributed by atoms with Gasteiger partial charge in [-0.1, -0.05) is 41.9 Å². The molecule has 1 atom stereocenters. The maximum Gasteiger partial charge on any atom is 0.122 e. The van der Waals surface area contributed by atoms with Crippen molar-refractivity contribution in [3.63, 3.8) is 0 Å². The van der Waals surface area contributed by atoms with Crippen LogP contribution >= 0.6 is 11.6 Å². The molecule has 1 unspecified atom stereocenters. The molecule has 2 rings (SSSR count). The van der Waals surface area contributed by atoms with Crippen LogP contribution in [0.25, 0.3) is 0 Å². The Hall–Kier alpha value is -1.59. The number of rotatable bonds is 9. The highest BCUT2D eigenvalue weighted by atomic mass is 35.5. The molecule has 0 radical (unpaired) electrons. The van der Waals surface area contributed by atoms with Gasteiger partial charge in [-0.05, 0) is 36.2 Å². The smallest absolute Gasteiger partial charge is 0.122 e. The molecular formula is C19H24ClNO3. The lowest BCUT2D eigenvalue weighted by Crippen LogP contribution is -2.37. The van der Waals surface area contributed by atoms with Crippen LogP contribution in [-0.4, -0.2) is 47.5 Å². The quantitative estimate of drug-likeness (QED) is 0.731. The number of hydrogen-bond acceptors (Lipinski definition) is 4. The third-order valence-electron chi connectivity index (χ3n) is 3.70. The summed E-state index contributed by atoms with van der Waals surface area (Å²) in [5.41, 5.74) is 2.08. The first-order valence-electron chi connectivity index (χ1n) is 8.02. The zero-order chi connectivity index (χ0) is 17.4. The molecule has 2 aromatic carbocycles. The molecule has 0 aromatic heterocycles. The second kappa shape index (κ2) is 9.64. The van der Waals surface area contributed by atoms with Gasteiger partial charge in [0, 0.05) is 24.7 Å². The Balaban J connectivity index is 1.86. The zero-order valence-corrected chi connectivity index (χ0v) is 14.6. The lowest BCUT2D eigenvalue weighted by atomic mass is 10.2. The van der Waals surface area contributed by atoms with Crippen LogP contribution in [0.15, 0.2) is 48.5 Å². The molecule has 130 valence electrons. The van der Waals surface area contributed by atoms with Crippen molar-refractivity contribution in [2.45, 2.75) is 19.6 Å². The Labute approximate surface area is 148 Å². The molecule has 0 amide bonds. The van der Waals surface area contributed by atoms with Gasteiger partial charge in [-0.2, -0.15) is 0 Å². The number of halogens is 1. The van der Waals surface area contributed by atoms with E-state index in [2.05, 4.69) is 0 Å². The summed E-state index contributed by atoms with van der Waals surface area (Å²) in [7, 11) is 0. The first kappa shape index (κ1) is 18.7. The van der Waals surface area contributed by atoms with Crippen molar-refractivity contribution >= 4 is 11.6 Å². The number of nitrogens with zero attached hydrogens (tertiary/aromatic N) is 1. The summed E-state index contributed by atoms with van der Waals surface area (Å²) >= 11 is 5.92. The molecule has 5 heteroatoms. The Morgan fingerprint density at radius 1 is 1.17 bits per heavy atom. The molecule has 0 aliphatic carbocycles. The minimum atomic E-state index is -0.643. The molecule has 0 aliphatic rings. The van der Waals surface area contributed by atoms with Crippen molar-refractivity contribution in [3.8, 4) is 5.75 Å². The molecule has 0 bridgehead atoms. The summed E-state index contributed by atoms with van der Waals surface area (Å²) in [6.45, 7) is 3.78. The van der Waals surface area contributed by atoms with E-state index in [-0.39, 0.29) is 13.2 Å². The van der Waals surface area contributed by atoms with E-state index in [0.717, 1.165) is 16.9 Å². The van der Waals surface area contributed by atoms with Crippen LogP contribution in [-0.2, 0) is 6.54 Å². The highest BCUT2D eigenvalue weighted by Crippen LogP contribution is 2.21. The molecule has 2 aromatic rings. The number of aliphatic hydroxyl groups excluding tert-OH is 2. The van der Waals surface area contributed by atoms with Crippen molar-refractivity contribution < 1.29 is 14.9 Å². The number of aryl methyl sites for hydroxylation is 1. The fourth-order valence-electron chi connectivity index (χ4n) is 2.53. The average molecular weight is 350 g/mol. The van der Waals surface area contributed by atoms with Crippen molar-refractivity contribution in [1.29, 1.82) is 0 Å². The highest BCUT2D eigenvalue weighted by Gasteiger charge is 2.13. The summed E-state index contributed by atoms with van der Waals surface area (Å²) in [6, 6.07) is 15.4. The van der Waals surface area contributed by atoms with Gasteiger partial charge in [-0.15, -0.1) is 0 Å². The van der Waals surface area contributed by atoms with Crippen LogP contribution in [0.3, 0.4) is 0 Å². The van der Waals surface area contributed by atoms with Crippen molar-refractivity contribution in [1.82, 2.24) is 4.90 Å². The van der Waals surface area contributed by atoms with Crippen LogP contribution in [0, 0.1) is 6.92 Å². The van der Waals surface area contributed by atoms with E-state index in [9.17, 15) is 10.2 Å². The predicted octanol–water partition coefficient (Wildman–Crippen LogP) is 2.88. The van der Waals surface area contributed by atoms with Gasteiger partial charge in [0.2, 0.25) is 0 Å². The van der Waals surface area contributed by atoms with Gasteiger partial charge >= 0.3 is 0 Å². The van der Waals surface area contributed by atoms with Crippen molar-refractivity contribution in [2.75, 3.05) is 26.3 Å². The summed E-state index contributed by atoms with van der Waals surface area (Å²) in [6.07, 6.45) is -0.643. The van der Waals surface area contributed by atoms with Gasteiger partial charge in [0.25, 0.3) is 0 Å². The third kappa shape index (κ3) is 6.13. The molecule has 0 saturated carbocycles. The van der Waals surface area contributed by atoms with E-state index < -0.39 is 6.10 Å². The second-order valence-electron chi connectivity index (χ2n) is 5.82. The van der Waals surface area contributed by atoms with E-state index in [0.29, 0.717) is 24.7 Å². The van der Waals surface area contributed by atoms with Gasteiger partial charge < -0.3 is 14.9 Å². The lowest BCUT2D eigenvalue weighted by Gasteiger charge is -2.24. The molecule has 0 fully saturated rings. The molecule has 24 heavy (non-hydrogen) atoms. The van der Waals surface area contributed by atoms with E-state index in [4.69, 9.17) is 16.3 Å². The first-order valence-corrected chi connectivity index (χ1v) is 8.40. The second-order valence-corrected chi connectivity index (χ2v) is 6.26. The van der Waals surface area contributed by atoms with E-state index in [1.165, 1.54) is 0 Å². The van der Waals surface area contributed by atoms with Gasteiger partial charge in [0.1, 0.15) is 18.5 Å². The molecular weight excluding hydrogens is 326 g/mol. The average Bonchev–Trinajstić information content (AvgIpc) is 2.55. The Morgan fingerprint density at radius 3 is 2.58 bits per heavy atom. The molecule has 4 nitrogen and oxygen atoms in total. The molecule has 0 spiro atoms.